The van der Waals surface area contributed by atoms with E-state index in [9.17, 15) is 27.4 Å². The molecule has 0 saturated heterocycles. The molecule has 0 aliphatic heterocycles. The third-order valence-electron chi connectivity index (χ3n) is 3.99. The quantitative estimate of drug-likeness (QED) is 0.653. The molecule has 8 heteroatoms. The van der Waals surface area contributed by atoms with Crippen LogP contribution < -0.4 is 5.32 Å². The van der Waals surface area contributed by atoms with Gasteiger partial charge in [-0.1, -0.05) is 30.3 Å². The van der Waals surface area contributed by atoms with Gasteiger partial charge < -0.3 is 5.32 Å². The van der Waals surface area contributed by atoms with Crippen LogP contribution in [0.4, 0.5) is 18.9 Å². The minimum Gasteiger partial charge on any atom is -0.322 e. The van der Waals surface area contributed by atoms with Gasteiger partial charge in [0.1, 0.15) is 6.07 Å². The van der Waals surface area contributed by atoms with Gasteiger partial charge in [0.05, 0.1) is 37.3 Å². The van der Waals surface area contributed by atoms with Gasteiger partial charge in [-0.2, -0.15) is 18.4 Å². The summed E-state index contributed by atoms with van der Waals surface area (Å²) < 4.78 is 51.7. The van der Waals surface area contributed by atoms with Gasteiger partial charge in [-0.25, -0.2) is 4.21 Å². The zero-order valence-electron chi connectivity index (χ0n) is 14.7. The Morgan fingerprint density at radius 1 is 0.931 bits per heavy atom. The normalized spacial score (nSPS) is 12.1. The first-order valence-corrected chi connectivity index (χ1v) is 9.45. The number of amides is 1. The van der Waals surface area contributed by atoms with E-state index in [-0.39, 0.29) is 26.6 Å². The molecule has 146 valence electrons. The van der Waals surface area contributed by atoms with E-state index >= 15 is 0 Å². The lowest BCUT2D eigenvalue weighted by atomic mass is 10.1. The zero-order valence-corrected chi connectivity index (χ0v) is 15.6. The third-order valence-corrected chi connectivity index (χ3v) is 5.50. The van der Waals surface area contributed by atoms with E-state index in [1.165, 1.54) is 36.4 Å². The fourth-order valence-electron chi connectivity index (χ4n) is 2.63. The molecule has 3 aromatic rings. The van der Waals surface area contributed by atoms with E-state index in [0.29, 0.717) is 0 Å². The molecule has 3 rings (SSSR count). The fourth-order valence-corrected chi connectivity index (χ4v) is 3.94. The number of rotatable bonds is 4. The van der Waals surface area contributed by atoms with Crippen molar-refractivity contribution in [1.82, 2.24) is 0 Å². The van der Waals surface area contributed by atoms with Crippen molar-refractivity contribution in [3.8, 4) is 6.07 Å². The van der Waals surface area contributed by atoms with Gasteiger partial charge in [0.15, 0.2) is 0 Å². The van der Waals surface area contributed by atoms with Crippen molar-refractivity contribution in [3.05, 3.63) is 89.5 Å². The van der Waals surface area contributed by atoms with Gasteiger partial charge >= 0.3 is 6.18 Å². The maximum atomic E-state index is 13.0. The molecular formula is C21H13F3N2O2S. The highest BCUT2D eigenvalue weighted by Crippen LogP contribution is 2.31. The average molecular weight is 414 g/mol. The van der Waals surface area contributed by atoms with E-state index in [1.54, 1.807) is 24.3 Å². The second-order valence-corrected chi connectivity index (χ2v) is 7.32. The Hall–Kier alpha value is -3.44. The fraction of sp³-hybridized carbons (Fsp3) is 0.0476. The van der Waals surface area contributed by atoms with Gasteiger partial charge in [-0.05, 0) is 42.5 Å². The van der Waals surface area contributed by atoms with Crippen LogP contribution in [0.2, 0.25) is 0 Å². The summed E-state index contributed by atoms with van der Waals surface area (Å²) in [5.41, 5.74) is -0.687. The molecule has 0 unspecified atom stereocenters. The van der Waals surface area contributed by atoms with Gasteiger partial charge in [0.2, 0.25) is 0 Å². The summed E-state index contributed by atoms with van der Waals surface area (Å²) in [6, 6.07) is 18.5. The molecule has 3 aromatic carbocycles. The summed E-state index contributed by atoms with van der Waals surface area (Å²) in [5, 5.41) is 11.6. The van der Waals surface area contributed by atoms with Crippen molar-refractivity contribution >= 4 is 22.4 Å². The molecule has 1 amide bonds. The van der Waals surface area contributed by atoms with Crippen molar-refractivity contribution in [2.45, 2.75) is 16.0 Å². The van der Waals surface area contributed by atoms with Crippen LogP contribution in [0.15, 0.2) is 82.6 Å². The molecule has 0 heterocycles. The van der Waals surface area contributed by atoms with E-state index in [2.05, 4.69) is 5.32 Å². The van der Waals surface area contributed by atoms with Crippen LogP contribution in [0.5, 0.6) is 0 Å². The number of nitriles is 1. The summed E-state index contributed by atoms with van der Waals surface area (Å²) in [7, 11) is -1.83. The van der Waals surface area contributed by atoms with Crippen LogP contribution in [-0.4, -0.2) is 10.1 Å². The Morgan fingerprint density at radius 2 is 1.59 bits per heavy atom. The monoisotopic (exact) mass is 414 g/mol. The Labute approximate surface area is 167 Å². The molecule has 0 saturated carbocycles. The van der Waals surface area contributed by atoms with E-state index in [0.717, 1.165) is 12.1 Å². The molecule has 1 N–H and O–H groups in total. The highest BCUT2D eigenvalue weighted by molar-refractivity contribution is 7.85. The van der Waals surface area contributed by atoms with Gasteiger partial charge in [-0.15, -0.1) is 0 Å². The van der Waals surface area contributed by atoms with Crippen LogP contribution in [0.25, 0.3) is 0 Å². The summed E-state index contributed by atoms with van der Waals surface area (Å²) >= 11 is 0. The predicted octanol–water partition coefficient (Wildman–Crippen LogP) is 5.00. The number of carbonyl (C=O) groups is 1. The molecule has 0 fully saturated rings. The van der Waals surface area contributed by atoms with Crippen LogP contribution in [0.3, 0.4) is 0 Å². The molecule has 0 aliphatic carbocycles. The first kappa shape index (κ1) is 20.3. The molecule has 0 spiro atoms. The molecule has 0 bridgehead atoms. The Kier molecular flexibility index (Phi) is 5.80. The lowest BCUT2D eigenvalue weighted by Crippen LogP contribution is -2.15. The van der Waals surface area contributed by atoms with E-state index in [1.807, 2.05) is 6.07 Å². The van der Waals surface area contributed by atoms with Crippen molar-refractivity contribution < 1.29 is 22.2 Å². The number of benzene rings is 3. The number of nitrogens with one attached hydrogen (secondary N) is 1. The first-order chi connectivity index (χ1) is 13.8. The zero-order chi connectivity index (χ0) is 21.0. The van der Waals surface area contributed by atoms with Crippen LogP contribution in [0, 0.1) is 11.3 Å². The number of carbonyl (C=O) groups excluding carboxylic acids is 1. The number of nitrogens with zero attached hydrogens (tertiary/aromatic N) is 1. The minimum atomic E-state index is -4.54. The lowest BCUT2D eigenvalue weighted by Gasteiger charge is -2.12. The number of anilines is 1. The maximum absolute atomic E-state index is 13.0. The summed E-state index contributed by atoms with van der Waals surface area (Å²) in [4.78, 5) is 13.1. The number of hydrogen-bond acceptors (Lipinski definition) is 3. The van der Waals surface area contributed by atoms with Gasteiger partial charge in [0.25, 0.3) is 5.91 Å². The van der Waals surface area contributed by atoms with Crippen molar-refractivity contribution in [2.24, 2.45) is 0 Å². The van der Waals surface area contributed by atoms with Crippen molar-refractivity contribution in [2.75, 3.05) is 5.32 Å². The second kappa shape index (κ2) is 8.29. The average Bonchev–Trinajstić information content (AvgIpc) is 2.72. The van der Waals surface area contributed by atoms with E-state index < -0.39 is 28.4 Å². The molecule has 0 radical (unpaired) electrons. The maximum Gasteiger partial charge on any atom is 0.416 e. The topological polar surface area (TPSA) is 70.0 Å². The van der Waals surface area contributed by atoms with Crippen molar-refractivity contribution in [3.63, 3.8) is 0 Å². The second-order valence-electron chi connectivity index (χ2n) is 5.91. The Balaban J connectivity index is 1.94. The molecule has 4 nitrogen and oxygen atoms in total. The predicted molar refractivity (Wildman–Crippen MR) is 102 cm³/mol. The summed E-state index contributed by atoms with van der Waals surface area (Å²) in [6.07, 6.45) is -4.54. The SMILES string of the molecule is N#Cc1ccccc1[S@](=O)c1ccccc1C(=O)Nc1cccc(C(F)(F)F)c1. The van der Waals surface area contributed by atoms with Gasteiger partial charge in [-0.3, -0.25) is 4.79 Å². The number of alkyl halides is 3. The molecule has 0 aliphatic rings. The smallest absolute Gasteiger partial charge is 0.322 e. The molecule has 29 heavy (non-hydrogen) atoms. The largest absolute Gasteiger partial charge is 0.416 e. The summed E-state index contributed by atoms with van der Waals surface area (Å²) in [5.74, 6) is -0.706. The standard InChI is InChI=1S/C21H13F3N2O2S/c22-21(23,24)15-7-5-8-16(12-15)26-20(27)17-9-2-4-11-19(17)29(28)18-10-3-1-6-14(18)13-25/h1-12H,(H,26,27)/t29-/m0/s1. The van der Waals surface area contributed by atoms with Crippen LogP contribution >= 0.6 is 0 Å². The van der Waals surface area contributed by atoms with Crippen LogP contribution in [0.1, 0.15) is 21.5 Å². The highest BCUT2D eigenvalue weighted by atomic mass is 32.2. The van der Waals surface area contributed by atoms with E-state index in [4.69, 9.17) is 0 Å². The number of hydrogen-bond donors (Lipinski definition) is 1. The highest BCUT2D eigenvalue weighted by Gasteiger charge is 2.30. The Bertz CT molecular complexity index is 1140. The molecule has 0 aromatic heterocycles. The van der Waals surface area contributed by atoms with Crippen LogP contribution in [-0.2, 0) is 17.0 Å². The van der Waals surface area contributed by atoms with Crippen molar-refractivity contribution in [1.29, 1.82) is 5.26 Å². The third kappa shape index (κ3) is 4.52. The minimum absolute atomic E-state index is 0.0380. The first-order valence-electron chi connectivity index (χ1n) is 8.30. The van der Waals surface area contributed by atoms with Gasteiger partial charge in [0, 0.05) is 5.69 Å². The Morgan fingerprint density at radius 3 is 2.28 bits per heavy atom. The summed E-state index contributed by atoms with van der Waals surface area (Å²) in [6.45, 7) is 0. The number of halogens is 3. The lowest BCUT2D eigenvalue weighted by molar-refractivity contribution is -0.137. The molecular weight excluding hydrogens is 401 g/mol. The molecule has 1 atom stereocenters.